The van der Waals surface area contributed by atoms with E-state index in [0.717, 1.165) is 27.7 Å². The van der Waals surface area contributed by atoms with Gasteiger partial charge in [0, 0.05) is 33.7 Å². The number of hydrogen-bond donors (Lipinski definition) is 2. The van der Waals surface area contributed by atoms with E-state index >= 15 is 0 Å². The minimum Gasteiger partial charge on any atom is -0.354 e. The summed E-state index contributed by atoms with van der Waals surface area (Å²) in [5.74, 6) is -0.0879. The van der Waals surface area contributed by atoms with Crippen LogP contribution in [0, 0.1) is 11.3 Å². The van der Waals surface area contributed by atoms with Crippen molar-refractivity contribution in [2.45, 2.75) is 23.3 Å². The maximum Gasteiger partial charge on any atom is 0.228 e. The van der Waals surface area contributed by atoms with Crippen molar-refractivity contribution in [1.29, 1.82) is 5.26 Å². The van der Waals surface area contributed by atoms with Gasteiger partial charge >= 0.3 is 0 Å². The van der Waals surface area contributed by atoms with E-state index in [1.807, 2.05) is 36.4 Å². The van der Waals surface area contributed by atoms with Crippen LogP contribution in [-0.2, 0) is 11.2 Å². The number of benzene rings is 2. The molecule has 3 aromatic rings. The second-order valence-corrected chi connectivity index (χ2v) is 8.25. The number of carbonyl (C=O) groups is 2. The molecule has 0 saturated carbocycles. The molecule has 2 atom stereocenters. The molecule has 5 nitrogen and oxygen atoms in total. The lowest BCUT2D eigenvalue weighted by Crippen LogP contribution is -2.13. The van der Waals surface area contributed by atoms with Gasteiger partial charge in [-0.05, 0) is 17.7 Å². The van der Waals surface area contributed by atoms with Crippen molar-refractivity contribution in [2.24, 2.45) is 0 Å². The number of aromatic amines is 1. The number of anilines is 1. The Labute approximate surface area is 159 Å². The van der Waals surface area contributed by atoms with Crippen LogP contribution in [0.25, 0.3) is 22.2 Å². The summed E-state index contributed by atoms with van der Waals surface area (Å²) in [6.07, 6.45) is 0.646. The van der Waals surface area contributed by atoms with Crippen LogP contribution in [0.4, 0.5) is 5.69 Å². The van der Waals surface area contributed by atoms with Crippen molar-refractivity contribution in [3.05, 3.63) is 53.6 Å². The highest BCUT2D eigenvalue weighted by molar-refractivity contribution is 8.08. The average molecular weight is 373 g/mol. The van der Waals surface area contributed by atoms with Crippen LogP contribution in [0.3, 0.4) is 0 Å². The molecule has 2 unspecified atom stereocenters. The Bertz CT molecular complexity index is 1160. The predicted molar refractivity (Wildman–Crippen MR) is 106 cm³/mol. The lowest BCUT2D eigenvalue weighted by atomic mass is 9.99. The van der Waals surface area contributed by atoms with Gasteiger partial charge in [-0.2, -0.15) is 5.26 Å². The SMILES string of the molecule is N#CC1SC1CC(=O)c1ccc2c(c1)NC(=O)Cc1c-2[nH]c2ccccc12. The summed E-state index contributed by atoms with van der Waals surface area (Å²) >= 11 is 1.53. The molecule has 2 aromatic carbocycles. The fourth-order valence-corrected chi connectivity index (χ4v) is 4.47. The molecule has 0 aliphatic carbocycles. The van der Waals surface area contributed by atoms with Gasteiger partial charge in [-0.25, -0.2) is 0 Å². The molecule has 2 aliphatic heterocycles. The van der Waals surface area contributed by atoms with Crippen LogP contribution in [0.1, 0.15) is 22.3 Å². The molecule has 0 bridgehead atoms. The summed E-state index contributed by atoms with van der Waals surface area (Å²) in [5.41, 5.74) is 5.00. The highest BCUT2D eigenvalue weighted by atomic mass is 32.2. The molecule has 1 fully saturated rings. The normalized spacial score (nSPS) is 20.2. The second kappa shape index (κ2) is 6.00. The first kappa shape index (κ1) is 16.2. The number of nitrogens with one attached hydrogen (secondary N) is 2. The highest BCUT2D eigenvalue weighted by Gasteiger charge is 2.40. The molecule has 3 heterocycles. The molecule has 27 heavy (non-hydrogen) atoms. The van der Waals surface area contributed by atoms with Gasteiger partial charge in [0.2, 0.25) is 5.91 Å². The third-order valence-electron chi connectivity index (χ3n) is 5.13. The van der Waals surface area contributed by atoms with E-state index in [2.05, 4.69) is 16.4 Å². The van der Waals surface area contributed by atoms with E-state index < -0.39 is 0 Å². The summed E-state index contributed by atoms with van der Waals surface area (Å²) in [5, 5.41) is 12.9. The van der Waals surface area contributed by atoms with Gasteiger partial charge in [-0.3, -0.25) is 9.59 Å². The number of para-hydroxylation sites is 1. The monoisotopic (exact) mass is 373 g/mol. The minimum atomic E-state index is -0.0911. The van der Waals surface area contributed by atoms with E-state index in [0.29, 0.717) is 24.1 Å². The third kappa shape index (κ3) is 2.71. The standard InChI is InChI=1S/C21H15N3O2S/c22-10-19-18(27-19)9-17(25)11-5-6-13-16(7-11)23-20(26)8-14-12-3-1-2-4-15(12)24-21(13)14/h1-7,18-19,24H,8-9H2,(H,23,26). The van der Waals surface area contributed by atoms with E-state index in [4.69, 9.17) is 5.26 Å². The number of hydrogen-bond acceptors (Lipinski definition) is 4. The van der Waals surface area contributed by atoms with Crippen molar-refractivity contribution < 1.29 is 9.59 Å². The molecule has 0 radical (unpaired) electrons. The van der Waals surface area contributed by atoms with Gasteiger partial charge in [0.05, 0.1) is 23.9 Å². The van der Waals surface area contributed by atoms with E-state index in [9.17, 15) is 9.59 Å². The largest absolute Gasteiger partial charge is 0.354 e. The van der Waals surface area contributed by atoms with Crippen LogP contribution in [0.2, 0.25) is 0 Å². The van der Waals surface area contributed by atoms with Gasteiger partial charge < -0.3 is 10.3 Å². The first-order chi connectivity index (χ1) is 13.1. The Hall–Kier alpha value is -3.04. The lowest BCUT2D eigenvalue weighted by molar-refractivity contribution is -0.115. The Kier molecular flexibility index (Phi) is 3.59. The number of amides is 1. The van der Waals surface area contributed by atoms with Crippen LogP contribution in [0.15, 0.2) is 42.5 Å². The molecular weight excluding hydrogens is 358 g/mol. The average Bonchev–Trinajstić information content (AvgIpc) is 3.36. The number of ketones is 1. The molecule has 1 amide bonds. The van der Waals surface area contributed by atoms with Crippen molar-refractivity contribution >= 4 is 40.0 Å². The van der Waals surface area contributed by atoms with E-state index in [1.165, 1.54) is 11.8 Å². The molecule has 1 aromatic heterocycles. The van der Waals surface area contributed by atoms with Crippen molar-refractivity contribution in [2.75, 3.05) is 5.32 Å². The van der Waals surface area contributed by atoms with Gasteiger partial charge in [-0.1, -0.05) is 30.3 Å². The lowest BCUT2D eigenvalue weighted by Gasteiger charge is -2.09. The minimum absolute atomic E-state index is 0.00316. The van der Waals surface area contributed by atoms with E-state index in [-0.39, 0.29) is 22.2 Å². The summed E-state index contributed by atoms with van der Waals surface area (Å²) in [6.45, 7) is 0. The van der Waals surface area contributed by atoms with Crippen molar-refractivity contribution in [1.82, 2.24) is 4.98 Å². The summed E-state index contributed by atoms with van der Waals surface area (Å²) in [4.78, 5) is 28.4. The smallest absolute Gasteiger partial charge is 0.228 e. The zero-order chi connectivity index (χ0) is 18.5. The fourth-order valence-electron chi connectivity index (χ4n) is 3.72. The van der Waals surface area contributed by atoms with Crippen molar-refractivity contribution in [3.8, 4) is 17.3 Å². The highest BCUT2D eigenvalue weighted by Crippen LogP contribution is 2.44. The topological polar surface area (TPSA) is 85.8 Å². The quantitative estimate of drug-likeness (QED) is 0.538. The first-order valence-corrected chi connectivity index (χ1v) is 9.70. The Morgan fingerprint density at radius 1 is 1.26 bits per heavy atom. The molecule has 5 rings (SSSR count). The van der Waals surface area contributed by atoms with Crippen molar-refractivity contribution in [3.63, 3.8) is 0 Å². The predicted octanol–water partition coefficient (Wildman–Crippen LogP) is 3.91. The maximum absolute atomic E-state index is 12.6. The number of fused-ring (bicyclic) bond motifs is 5. The molecule has 1 saturated heterocycles. The first-order valence-electron chi connectivity index (χ1n) is 8.76. The molecular formula is C21H15N3O2S. The number of thioether (sulfide) groups is 1. The van der Waals surface area contributed by atoms with Crippen LogP contribution in [0.5, 0.6) is 0 Å². The zero-order valence-corrected chi connectivity index (χ0v) is 15.1. The fraction of sp³-hybridized carbons (Fsp3) is 0.190. The van der Waals surface area contributed by atoms with Crippen LogP contribution in [-0.4, -0.2) is 27.2 Å². The molecule has 2 aliphatic rings. The number of rotatable bonds is 3. The van der Waals surface area contributed by atoms with Crippen LogP contribution < -0.4 is 5.32 Å². The third-order valence-corrected chi connectivity index (χ3v) is 6.33. The van der Waals surface area contributed by atoms with Gasteiger partial charge in [0.25, 0.3) is 0 Å². The Morgan fingerprint density at radius 2 is 2.11 bits per heavy atom. The number of H-pyrrole nitrogens is 1. The number of Topliss-reactive ketones (excluding diaryl/α,β-unsaturated/α-hetero) is 1. The van der Waals surface area contributed by atoms with Gasteiger partial charge in [0.1, 0.15) is 5.25 Å². The number of nitrogens with zero attached hydrogens (tertiary/aromatic N) is 1. The summed E-state index contributed by atoms with van der Waals surface area (Å²) < 4.78 is 0. The molecule has 132 valence electrons. The zero-order valence-electron chi connectivity index (χ0n) is 14.3. The van der Waals surface area contributed by atoms with E-state index in [1.54, 1.807) is 6.07 Å². The molecule has 2 N–H and O–H groups in total. The molecule has 0 spiro atoms. The number of carbonyl (C=O) groups excluding carboxylic acids is 2. The van der Waals surface area contributed by atoms with Gasteiger partial charge in [-0.15, -0.1) is 11.8 Å². The summed E-state index contributed by atoms with van der Waals surface area (Å²) in [6, 6.07) is 15.6. The maximum atomic E-state index is 12.6. The number of aromatic nitrogens is 1. The molecule has 6 heteroatoms. The van der Waals surface area contributed by atoms with Crippen LogP contribution >= 0.6 is 11.8 Å². The number of nitriles is 1. The second-order valence-electron chi connectivity index (χ2n) is 6.86. The van der Waals surface area contributed by atoms with Gasteiger partial charge in [0.15, 0.2) is 5.78 Å². The Morgan fingerprint density at radius 3 is 2.93 bits per heavy atom. The Balaban J connectivity index is 1.55. The summed E-state index contributed by atoms with van der Waals surface area (Å²) in [7, 11) is 0.